The molecule has 0 aliphatic carbocycles. The van der Waals surface area contributed by atoms with Crippen LogP contribution in [0, 0.1) is 0 Å². The van der Waals surface area contributed by atoms with Gasteiger partial charge in [-0.2, -0.15) is 0 Å². The number of nitrogens with one attached hydrogen (secondary N) is 1. The van der Waals surface area contributed by atoms with E-state index in [1.807, 2.05) is 24.3 Å². The Bertz CT molecular complexity index is 785. The molecule has 2 aromatic rings. The normalized spacial score (nSPS) is 11.9. The number of nitrogens with zero attached hydrogens (tertiary/aromatic N) is 1. The van der Waals surface area contributed by atoms with Gasteiger partial charge in [0.15, 0.2) is 0 Å². The Morgan fingerprint density at radius 2 is 1.54 bits per heavy atom. The molecule has 2 rings (SSSR count). The number of carbonyl (C=O) groups excluding carboxylic acids is 2. The molecule has 0 aliphatic rings. The van der Waals surface area contributed by atoms with Crippen molar-refractivity contribution in [3.05, 3.63) is 69.7 Å². The summed E-state index contributed by atoms with van der Waals surface area (Å²) >= 11 is 3.42. The number of benzene rings is 2. The van der Waals surface area contributed by atoms with Crippen LogP contribution in [0.25, 0.3) is 0 Å². The van der Waals surface area contributed by atoms with E-state index in [-0.39, 0.29) is 11.8 Å². The highest BCUT2D eigenvalue weighted by Gasteiger charge is 2.25. The van der Waals surface area contributed by atoms with Crippen LogP contribution in [0.2, 0.25) is 0 Å². The average Bonchev–Trinajstić information content (AvgIpc) is 2.70. The van der Waals surface area contributed by atoms with Crippen LogP contribution in [0.4, 0.5) is 0 Å². The minimum atomic E-state index is -0.524. The third-order valence-corrected chi connectivity index (χ3v) is 5.48. The van der Waals surface area contributed by atoms with Gasteiger partial charge in [-0.25, -0.2) is 0 Å². The maximum atomic E-state index is 13.0. The number of rotatable bonds is 8. The number of hydrogen-bond acceptors (Lipinski definition) is 2. The number of halogens is 1. The summed E-state index contributed by atoms with van der Waals surface area (Å²) in [5.74, 6) is 0.309. The molecule has 4 nitrogen and oxygen atoms in total. The molecule has 0 saturated heterocycles. The molecule has 1 atom stereocenters. The molecule has 0 radical (unpaired) electrons. The van der Waals surface area contributed by atoms with E-state index in [0.717, 1.165) is 15.6 Å². The monoisotopic (exact) mass is 444 g/mol. The van der Waals surface area contributed by atoms with E-state index in [4.69, 9.17) is 0 Å². The van der Waals surface area contributed by atoms with Crippen LogP contribution < -0.4 is 5.32 Å². The summed E-state index contributed by atoms with van der Waals surface area (Å²) in [5.41, 5.74) is 3.42. The van der Waals surface area contributed by atoms with E-state index in [1.54, 1.807) is 18.9 Å². The quantitative estimate of drug-likeness (QED) is 0.642. The first-order valence-corrected chi connectivity index (χ1v) is 10.5. The third kappa shape index (κ3) is 6.20. The summed E-state index contributed by atoms with van der Waals surface area (Å²) in [7, 11) is 1.59. The van der Waals surface area contributed by atoms with Gasteiger partial charge in [0.1, 0.15) is 6.04 Å². The van der Waals surface area contributed by atoms with Crippen molar-refractivity contribution in [3.8, 4) is 0 Å². The largest absolute Gasteiger partial charge is 0.357 e. The van der Waals surface area contributed by atoms with Crippen molar-refractivity contribution in [2.75, 3.05) is 7.05 Å². The second kappa shape index (κ2) is 10.4. The fourth-order valence-electron chi connectivity index (χ4n) is 3.04. The minimum Gasteiger partial charge on any atom is -0.357 e. The van der Waals surface area contributed by atoms with Gasteiger partial charge < -0.3 is 10.2 Å². The van der Waals surface area contributed by atoms with Gasteiger partial charge >= 0.3 is 0 Å². The molecule has 5 heteroatoms. The first-order valence-electron chi connectivity index (χ1n) is 9.66. The summed E-state index contributed by atoms with van der Waals surface area (Å²) < 4.78 is 0.985. The van der Waals surface area contributed by atoms with Crippen LogP contribution in [0.5, 0.6) is 0 Å². The molecule has 0 aliphatic heterocycles. The summed E-state index contributed by atoms with van der Waals surface area (Å²) in [6, 6.07) is 15.7. The molecule has 0 heterocycles. The second-order valence-corrected chi connectivity index (χ2v) is 8.25. The van der Waals surface area contributed by atoms with Crippen LogP contribution in [0.1, 0.15) is 49.8 Å². The Balaban J connectivity index is 2.09. The Morgan fingerprint density at radius 1 is 0.964 bits per heavy atom. The van der Waals surface area contributed by atoms with Gasteiger partial charge in [-0.15, -0.1) is 0 Å². The van der Waals surface area contributed by atoms with Crippen LogP contribution in [-0.4, -0.2) is 29.8 Å². The highest BCUT2D eigenvalue weighted by molar-refractivity contribution is 9.10. The third-order valence-electron chi connectivity index (χ3n) is 4.95. The molecule has 150 valence electrons. The highest BCUT2D eigenvalue weighted by Crippen LogP contribution is 2.18. The predicted octanol–water partition coefficient (Wildman–Crippen LogP) is 4.67. The van der Waals surface area contributed by atoms with E-state index >= 15 is 0 Å². The van der Waals surface area contributed by atoms with E-state index in [9.17, 15) is 9.59 Å². The molecule has 0 aromatic heterocycles. The van der Waals surface area contributed by atoms with E-state index < -0.39 is 6.04 Å². The average molecular weight is 445 g/mol. The van der Waals surface area contributed by atoms with E-state index in [1.165, 1.54) is 5.56 Å². The molecule has 28 heavy (non-hydrogen) atoms. The molecule has 2 amide bonds. The van der Waals surface area contributed by atoms with Crippen LogP contribution >= 0.6 is 15.9 Å². The summed E-state index contributed by atoms with van der Waals surface area (Å²) in [4.78, 5) is 26.8. The van der Waals surface area contributed by atoms with Crippen molar-refractivity contribution in [1.82, 2.24) is 10.2 Å². The number of likely N-dealkylation sites (N-methyl/N-ethyl adjacent to an activating group) is 1. The number of aryl methyl sites for hydroxylation is 1. The fourth-order valence-corrected chi connectivity index (χ4v) is 3.31. The highest BCUT2D eigenvalue weighted by atomic mass is 79.9. The number of carbonyl (C=O) groups is 2. The van der Waals surface area contributed by atoms with Gasteiger partial charge in [0.25, 0.3) is 0 Å². The Labute approximate surface area is 176 Å². The molecule has 1 N–H and O–H groups in total. The molecule has 0 unspecified atom stereocenters. The van der Waals surface area contributed by atoms with Gasteiger partial charge in [-0.3, -0.25) is 9.59 Å². The van der Waals surface area contributed by atoms with Gasteiger partial charge in [0.2, 0.25) is 11.8 Å². The maximum Gasteiger partial charge on any atom is 0.242 e. The van der Waals surface area contributed by atoms with Crippen LogP contribution in [0.3, 0.4) is 0 Å². The standard InChI is InChI=1S/C23H29BrN2O2/c1-16(2)20-10-5-18(6-11-20)9-14-22(27)26(17(3)23(28)25-4)15-19-7-12-21(24)13-8-19/h5-8,10-13,16-17H,9,14-15H2,1-4H3,(H,25,28)/t17-/m1/s1. The zero-order chi connectivity index (χ0) is 20.7. The predicted molar refractivity (Wildman–Crippen MR) is 117 cm³/mol. The topological polar surface area (TPSA) is 49.4 Å². The first kappa shape index (κ1) is 22.2. The van der Waals surface area contributed by atoms with Crippen molar-refractivity contribution in [2.45, 2.75) is 52.1 Å². The Hall–Kier alpha value is -2.14. The lowest BCUT2D eigenvalue weighted by molar-refractivity contribution is -0.140. The van der Waals surface area contributed by atoms with E-state index in [0.29, 0.717) is 25.3 Å². The van der Waals surface area contributed by atoms with Crippen molar-refractivity contribution < 1.29 is 9.59 Å². The van der Waals surface area contributed by atoms with Crippen LogP contribution in [-0.2, 0) is 22.6 Å². The number of hydrogen-bond donors (Lipinski definition) is 1. The van der Waals surface area contributed by atoms with Crippen molar-refractivity contribution >= 4 is 27.7 Å². The maximum absolute atomic E-state index is 13.0. The lowest BCUT2D eigenvalue weighted by Crippen LogP contribution is -2.46. The SMILES string of the molecule is CNC(=O)[C@@H](C)N(Cc1ccc(Br)cc1)C(=O)CCc1ccc(C(C)C)cc1. The lowest BCUT2D eigenvalue weighted by atomic mass is 10.00. The smallest absolute Gasteiger partial charge is 0.242 e. The van der Waals surface area contributed by atoms with E-state index in [2.05, 4.69) is 59.4 Å². The molecule has 0 spiro atoms. The molecule has 0 fully saturated rings. The number of amides is 2. The van der Waals surface area contributed by atoms with Gasteiger partial charge in [-0.1, -0.05) is 66.2 Å². The molecule has 0 bridgehead atoms. The first-order chi connectivity index (χ1) is 13.3. The van der Waals surface area contributed by atoms with Crippen molar-refractivity contribution in [2.24, 2.45) is 0 Å². The molecule has 0 saturated carbocycles. The molecular formula is C23H29BrN2O2. The fraction of sp³-hybridized carbons (Fsp3) is 0.391. The van der Waals surface area contributed by atoms with Crippen molar-refractivity contribution in [1.29, 1.82) is 0 Å². The Kier molecular flexibility index (Phi) is 8.24. The van der Waals surface area contributed by atoms with Crippen LogP contribution in [0.15, 0.2) is 53.0 Å². The molecule has 2 aromatic carbocycles. The Morgan fingerprint density at radius 3 is 2.07 bits per heavy atom. The zero-order valence-corrected chi connectivity index (χ0v) is 18.6. The lowest BCUT2D eigenvalue weighted by Gasteiger charge is -2.28. The second-order valence-electron chi connectivity index (χ2n) is 7.33. The van der Waals surface area contributed by atoms with Gasteiger partial charge in [0.05, 0.1) is 0 Å². The summed E-state index contributed by atoms with van der Waals surface area (Å²) in [6.45, 7) is 6.51. The zero-order valence-electron chi connectivity index (χ0n) is 17.0. The molecular weight excluding hydrogens is 416 g/mol. The minimum absolute atomic E-state index is 0.0213. The van der Waals surface area contributed by atoms with Crippen molar-refractivity contribution in [3.63, 3.8) is 0 Å². The summed E-state index contributed by atoms with van der Waals surface area (Å²) in [6.07, 6.45) is 1.04. The van der Waals surface area contributed by atoms with Gasteiger partial charge in [-0.05, 0) is 48.1 Å². The summed E-state index contributed by atoms with van der Waals surface area (Å²) in [5, 5.41) is 2.65. The van der Waals surface area contributed by atoms with Gasteiger partial charge in [0, 0.05) is 24.5 Å².